The molecule has 1 aliphatic rings. The number of hydrogen-bond donors (Lipinski definition) is 2. The Morgan fingerprint density at radius 3 is 2.68 bits per heavy atom. The molecule has 0 radical (unpaired) electrons. The summed E-state index contributed by atoms with van der Waals surface area (Å²) >= 11 is 0. The number of rotatable bonds is 6. The van der Waals surface area contributed by atoms with E-state index in [2.05, 4.69) is 10.3 Å². The SMILES string of the molecule is CCC(CC)(CN)C(=O)N1CCCC(C(=O)Nc2cccc(C)n2)C1. The fourth-order valence-corrected chi connectivity index (χ4v) is 3.48. The quantitative estimate of drug-likeness (QED) is 0.827. The van der Waals surface area contributed by atoms with Gasteiger partial charge in [-0.15, -0.1) is 0 Å². The molecule has 0 saturated carbocycles. The zero-order chi connectivity index (χ0) is 18.4. The van der Waals surface area contributed by atoms with Crippen LogP contribution < -0.4 is 11.1 Å². The van der Waals surface area contributed by atoms with Crippen LogP contribution in [0.15, 0.2) is 18.2 Å². The molecule has 2 amide bonds. The Hall–Kier alpha value is -1.95. The molecule has 6 heteroatoms. The number of pyridine rings is 1. The normalized spacial score (nSPS) is 18.1. The first kappa shape index (κ1) is 19.4. The number of likely N-dealkylation sites (tertiary alicyclic amines) is 1. The molecule has 3 N–H and O–H groups in total. The second-order valence-electron chi connectivity index (χ2n) is 6.94. The molecule has 25 heavy (non-hydrogen) atoms. The zero-order valence-corrected chi connectivity index (χ0v) is 15.5. The molecule has 2 rings (SSSR count). The number of piperidine rings is 1. The van der Waals surface area contributed by atoms with Crippen LogP contribution >= 0.6 is 0 Å². The maximum atomic E-state index is 13.0. The van der Waals surface area contributed by atoms with Gasteiger partial charge in [-0.1, -0.05) is 19.9 Å². The summed E-state index contributed by atoms with van der Waals surface area (Å²) in [5, 5.41) is 2.88. The smallest absolute Gasteiger partial charge is 0.230 e. The first-order chi connectivity index (χ1) is 12.0. The maximum Gasteiger partial charge on any atom is 0.230 e. The summed E-state index contributed by atoms with van der Waals surface area (Å²) in [6.45, 7) is 7.40. The van der Waals surface area contributed by atoms with Gasteiger partial charge in [-0.2, -0.15) is 0 Å². The number of nitrogens with two attached hydrogens (primary N) is 1. The van der Waals surface area contributed by atoms with E-state index in [0.717, 1.165) is 31.4 Å². The van der Waals surface area contributed by atoms with Crippen molar-refractivity contribution in [3.8, 4) is 0 Å². The van der Waals surface area contributed by atoms with Crippen molar-refractivity contribution in [2.75, 3.05) is 25.0 Å². The molecule has 0 aliphatic carbocycles. The van der Waals surface area contributed by atoms with Gasteiger partial charge in [0.15, 0.2) is 0 Å². The van der Waals surface area contributed by atoms with Gasteiger partial charge >= 0.3 is 0 Å². The monoisotopic (exact) mass is 346 g/mol. The Balaban J connectivity index is 2.04. The number of carbonyl (C=O) groups is 2. The highest BCUT2D eigenvalue weighted by atomic mass is 16.2. The van der Waals surface area contributed by atoms with Crippen LogP contribution in [-0.4, -0.2) is 41.3 Å². The van der Waals surface area contributed by atoms with E-state index in [1.165, 1.54) is 0 Å². The number of hydrogen-bond acceptors (Lipinski definition) is 4. The molecule has 0 spiro atoms. The Morgan fingerprint density at radius 2 is 2.08 bits per heavy atom. The van der Waals surface area contributed by atoms with Gasteiger partial charge in [0.25, 0.3) is 0 Å². The Bertz CT molecular complexity index is 605. The first-order valence-electron chi connectivity index (χ1n) is 9.19. The molecular formula is C19H30N4O2. The third kappa shape index (κ3) is 4.37. The highest BCUT2D eigenvalue weighted by Crippen LogP contribution is 2.30. The molecule has 0 aromatic carbocycles. The molecule has 2 heterocycles. The lowest BCUT2D eigenvalue weighted by molar-refractivity contribution is -0.144. The largest absolute Gasteiger partial charge is 0.341 e. The summed E-state index contributed by atoms with van der Waals surface area (Å²) in [7, 11) is 0. The average molecular weight is 346 g/mol. The van der Waals surface area contributed by atoms with Crippen LogP contribution in [0.2, 0.25) is 0 Å². The van der Waals surface area contributed by atoms with Gasteiger partial charge in [0.1, 0.15) is 5.82 Å². The minimum atomic E-state index is -0.504. The number of carbonyl (C=O) groups excluding carboxylic acids is 2. The fourth-order valence-electron chi connectivity index (χ4n) is 3.48. The van der Waals surface area contributed by atoms with Gasteiger partial charge < -0.3 is 16.0 Å². The average Bonchev–Trinajstić information content (AvgIpc) is 2.63. The summed E-state index contributed by atoms with van der Waals surface area (Å²) in [6, 6.07) is 5.54. The van der Waals surface area contributed by atoms with Crippen LogP contribution in [0.25, 0.3) is 0 Å². The van der Waals surface area contributed by atoms with E-state index in [9.17, 15) is 9.59 Å². The molecule has 1 atom stereocenters. The Morgan fingerprint density at radius 1 is 1.36 bits per heavy atom. The second-order valence-corrected chi connectivity index (χ2v) is 6.94. The van der Waals surface area contributed by atoms with Crippen molar-refractivity contribution in [2.45, 2.75) is 46.5 Å². The van der Waals surface area contributed by atoms with Crippen LogP contribution in [0.3, 0.4) is 0 Å². The van der Waals surface area contributed by atoms with E-state index in [4.69, 9.17) is 5.73 Å². The molecule has 6 nitrogen and oxygen atoms in total. The van der Waals surface area contributed by atoms with Gasteiger partial charge in [-0.05, 0) is 44.7 Å². The number of nitrogens with zero attached hydrogens (tertiary/aromatic N) is 2. The third-order valence-corrected chi connectivity index (χ3v) is 5.42. The van der Waals surface area contributed by atoms with Crippen molar-refractivity contribution >= 4 is 17.6 Å². The molecule has 1 saturated heterocycles. The lowest BCUT2D eigenvalue weighted by Gasteiger charge is -2.39. The standard InChI is InChI=1S/C19H30N4O2/c1-4-19(5-2,13-20)18(25)23-11-7-9-15(12-23)17(24)22-16-10-6-8-14(3)21-16/h6,8,10,15H,4-5,7,9,11-13,20H2,1-3H3,(H,21,22,24). The topological polar surface area (TPSA) is 88.3 Å². The minimum Gasteiger partial charge on any atom is -0.341 e. The number of amides is 2. The van der Waals surface area contributed by atoms with Crippen molar-refractivity contribution in [1.29, 1.82) is 0 Å². The molecule has 1 aromatic rings. The number of aryl methyl sites for hydroxylation is 1. The predicted octanol–water partition coefficient (Wildman–Crippen LogP) is 2.33. The van der Waals surface area contributed by atoms with E-state index in [1.807, 2.05) is 37.8 Å². The number of nitrogens with one attached hydrogen (secondary N) is 1. The lowest BCUT2D eigenvalue weighted by atomic mass is 9.80. The number of anilines is 1. The molecule has 1 fully saturated rings. The second kappa shape index (κ2) is 8.43. The maximum absolute atomic E-state index is 13.0. The van der Waals surface area contributed by atoms with Crippen LogP contribution in [0, 0.1) is 18.3 Å². The molecule has 0 bridgehead atoms. The van der Waals surface area contributed by atoms with Crippen molar-refractivity contribution in [1.82, 2.24) is 9.88 Å². The third-order valence-electron chi connectivity index (χ3n) is 5.42. The van der Waals surface area contributed by atoms with Crippen molar-refractivity contribution < 1.29 is 9.59 Å². The van der Waals surface area contributed by atoms with Gasteiger partial charge in [-0.3, -0.25) is 9.59 Å². The number of aromatic nitrogens is 1. The van der Waals surface area contributed by atoms with Gasteiger partial charge in [0.2, 0.25) is 11.8 Å². The summed E-state index contributed by atoms with van der Waals surface area (Å²) in [5.41, 5.74) is 6.27. The predicted molar refractivity (Wildman–Crippen MR) is 99.0 cm³/mol. The molecule has 1 unspecified atom stereocenters. The van der Waals surface area contributed by atoms with Gasteiger partial charge in [0, 0.05) is 25.3 Å². The van der Waals surface area contributed by atoms with E-state index in [0.29, 0.717) is 25.5 Å². The first-order valence-corrected chi connectivity index (χ1v) is 9.19. The van der Waals surface area contributed by atoms with Gasteiger partial charge in [0.05, 0.1) is 11.3 Å². The van der Waals surface area contributed by atoms with Crippen LogP contribution in [0.1, 0.15) is 45.2 Å². The summed E-state index contributed by atoms with van der Waals surface area (Å²) in [6.07, 6.45) is 3.06. The fraction of sp³-hybridized carbons (Fsp3) is 0.632. The summed E-state index contributed by atoms with van der Waals surface area (Å²) in [4.78, 5) is 31.7. The molecular weight excluding hydrogens is 316 g/mol. The van der Waals surface area contributed by atoms with Crippen molar-refractivity contribution in [2.24, 2.45) is 17.1 Å². The van der Waals surface area contributed by atoms with E-state index < -0.39 is 5.41 Å². The zero-order valence-electron chi connectivity index (χ0n) is 15.5. The van der Waals surface area contributed by atoms with E-state index in [1.54, 1.807) is 6.07 Å². The summed E-state index contributed by atoms with van der Waals surface area (Å²) < 4.78 is 0. The van der Waals surface area contributed by atoms with Gasteiger partial charge in [-0.25, -0.2) is 4.98 Å². The molecule has 138 valence electrons. The Labute approximate surface area is 150 Å². The van der Waals surface area contributed by atoms with E-state index in [-0.39, 0.29) is 17.7 Å². The summed E-state index contributed by atoms with van der Waals surface area (Å²) in [5.74, 6) is 0.379. The van der Waals surface area contributed by atoms with Crippen LogP contribution in [0.4, 0.5) is 5.82 Å². The highest BCUT2D eigenvalue weighted by molar-refractivity contribution is 5.92. The molecule has 1 aromatic heterocycles. The van der Waals surface area contributed by atoms with Crippen molar-refractivity contribution in [3.63, 3.8) is 0 Å². The van der Waals surface area contributed by atoms with Crippen LogP contribution in [-0.2, 0) is 9.59 Å². The minimum absolute atomic E-state index is 0.0676. The lowest BCUT2D eigenvalue weighted by Crippen LogP contribution is -2.52. The van der Waals surface area contributed by atoms with E-state index >= 15 is 0 Å². The van der Waals surface area contributed by atoms with Crippen LogP contribution in [0.5, 0.6) is 0 Å². The van der Waals surface area contributed by atoms with Crippen molar-refractivity contribution in [3.05, 3.63) is 23.9 Å². The Kier molecular flexibility index (Phi) is 6.53. The highest BCUT2D eigenvalue weighted by Gasteiger charge is 2.39. The molecule has 1 aliphatic heterocycles.